The van der Waals surface area contributed by atoms with Crippen molar-refractivity contribution in [3.05, 3.63) is 0 Å². The van der Waals surface area contributed by atoms with Crippen LogP contribution in [0.1, 0.15) is 19.3 Å². The van der Waals surface area contributed by atoms with E-state index in [4.69, 9.17) is 5.11 Å². The summed E-state index contributed by atoms with van der Waals surface area (Å²) in [6.07, 6.45) is -2.77. The highest BCUT2D eigenvalue weighted by Crippen LogP contribution is 2.31. The molecular formula is C6H8F2O2. The van der Waals surface area contributed by atoms with Crippen molar-refractivity contribution < 1.29 is 18.7 Å². The number of aliphatic hydroxyl groups is 1. The van der Waals surface area contributed by atoms with E-state index in [1.807, 2.05) is 0 Å². The quantitative estimate of drug-likeness (QED) is 0.552. The van der Waals surface area contributed by atoms with E-state index in [0.717, 1.165) is 0 Å². The van der Waals surface area contributed by atoms with Gasteiger partial charge in [0.05, 0.1) is 0 Å². The zero-order chi connectivity index (χ0) is 7.78. The minimum absolute atomic E-state index is 0.107. The first kappa shape index (κ1) is 7.60. The van der Waals surface area contributed by atoms with Gasteiger partial charge in [-0.1, -0.05) is 0 Å². The van der Waals surface area contributed by atoms with E-state index in [1.165, 1.54) is 0 Å². The molecule has 0 aromatic heterocycles. The van der Waals surface area contributed by atoms with Crippen LogP contribution in [0.4, 0.5) is 8.78 Å². The summed E-state index contributed by atoms with van der Waals surface area (Å²) in [5.41, 5.74) is 0. The molecule has 1 fully saturated rings. The number of hydrogen-bond donors (Lipinski definition) is 1. The topological polar surface area (TPSA) is 37.3 Å². The summed E-state index contributed by atoms with van der Waals surface area (Å²) in [7, 11) is 0. The van der Waals surface area contributed by atoms with Gasteiger partial charge in [-0.25, -0.2) is 8.78 Å². The van der Waals surface area contributed by atoms with Crippen LogP contribution in [0.25, 0.3) is 0 Å². The van der Waals surface area contributed by atoms with Gasteiger partial charge in [0.1, 0.15) is 11.9 Å². The Kier molecular flexibility index (Phi) is 1.72. The van der Waals surface area contributed by atoms with Gasteiger partial charge < -0.3 is 5.11 Å². The standard InChI is InChI=1S/C6H8F2O2/c7-6(8)2-1-4(9)3-5(6)10/h5,10H,1-3H2. The van der Waals surface area contributed by atoms with E-state index < -0.39 is 24.9 Å². The summed E-state index contributed by atoms with van der Waals surface area (Å²) in [5, 5.41) is 8.64. The second-order valence-electron chi connectivity index (χ2n) is 2.52. The third-order valence-electron chi connectivity index (χ3n) is 1.65. The Morgan fingerprint density at radius 1 is 1.60 bits per heavy atom. The molecule has 0 radical (unpaired) electrons. The van der Waals surface area contributed by atoms with Gasteiger partial charge in [-0.15, -0.1) is 0 Å². The summed E-state index contributed by atoms with van der Waals surface area (Å²) >= 11 is 0. The smallest absolute Gasteiger partial charge is 0.274 e. The SMILES string of the molecule is O=C1CCC(F)(F)C(O)C1. The Balaban J connectivity index is 2.60. The van der Waals surface area contributed by atoms with Crippen LogP contribution in [0.15, 0.2) is 0 Å². The van der Waals surface area contributed by atoms with Crippen LogP contribution >= 0.6 is 0 Å². The lowest BCUT2D eigenvalue weighted by Gasteiger charge is -2.25. The Bertz CT molecular complexity index is 156. The number of ketones is 1. The molecule has 0 aromatic rings. The van der Waals surface area contributed by atoms with E-state index in [0.29, 0.717) is 0 Å². The van der Waals surface area contributed by atoms with Crippen molar-refractivity contribution in [3.63, 3.8) is 0 Å². The summed E-state index contributed by atoms with van der Waals surface area (Å²) in [4.78, 5) is 10.5. The lowest BCUT2D eigenvalue weighted by molar-refractivity contribution is -0.152. The van der Waals surface area contributed by atoms with E-state index in [-0.39, 0.29) is 12.2 Å². The molecule has 2 nitrogen and oxygen atoms in total. The molecule has 1 unspecified atom stereocenters. The fraction of sp³-hybridized carbons (Fsp3) is 0.833. The third-order valence-corrected chi connectivity index (χ3v) is 1.65. The molecular weight excluding hydrogens is 142 g/mol. The van der Waals surface area contributed by atoms with Crippen LogP contribution in [0.5, 0.6) is 0 Å². The second-order valence-corrected chi connectivity index (χ2v) is 2.52. The molecule has 0 saturated heterocycles. The Morgan fingerprint density at radius 3 is 2.60 bits per heavy atom. The largest absolute Gasteiger partial charge is 0.386 e. The molecule has 1 saturated carbocycles. The Morgan fingerprint density at radius 2 is 2.20 bits per heavy atom. The summed E-state index contributed by atoms with van der Waals surface area (Å²) in [5.74, 6) is -3.33. The number of hydrogen-bond acceptors (Lipinski definition) is 2. The lowest BCUT2D eigenvalue weighted by Crippen LogP contribution is -2.39. The van der Waals surface area contributed by atoms with Crippen LogP contribution in [0.3, 0.4) is 0 Å². The highest BCUT2D eigenvalue weighted by atomic mass is 19.3. The zero-order valence-corrected chi connectivity index (χ0v) is 5.31. The van der Waals surface area contributed by atoms with Gasteiger partial charge in [-0.3, -0.25) is 4.79 Å². The Labute approximate surface area is 56.8 Å². The van der Waals surface area contributed by atoms with Gasteiger partial charge in [0.2, 0.25) is 0 Å². The summed E-state index contributed by atoms with van der Waals surface area (Å²) in [6.45, 7) is 0. The number of carbonyl (C=O) groups excluding carboxylic acids is 1. The highest BCUT2D eigenvalue weighted by molar-refractivity contribution is 5.80. The summed E-state index contributed by atoms with van der Waals surface area (Å²) < 4.78 is 24.7. The van der Waals surface area contributed by atoms with E-state index in [9.17, 15) is 13.6 Å². The molecule has 0 amide bonds. The predicted octanol–water partition coefficient (Wildman–Crippen LogP) is 0.736. The van der Waals surface area contributed by atoms with Crippen molar-refractivity contribution in [1.82, 2.24) is 0 Å². The first-order chi connectivity index (χ1) is 4.52. The number of Topliss-reactive ketones (excluding diaryl/α,β-unsaturated/α-hetero) is 1. The van der Waals surface area contributed by atoms with Gasteiger partial charge >= 0.3 is 0 Å². The van der Waals surface area contributed by atoms with Crippen molar-refractivity contribution in [2.75, 3.05) is 0 Å². The molecule has 1 aliphatic carbocycles. The number of carbonyl (C=O) groups is 1. The molecule has 0 aliphatic heterocycles. The van der Waals surface area contributed by atoms with E-state index >= 15 is 0 Å². The number of rotatable bonds is 0. The number of halogens is 2. The van der Waals surface area contributed by atoms with Crippen LogP contribution < -0.4 is 0 Å². The molecule has 10 heavy (non-hydrogen) atoms. The van der Waals surface area contributed by atoms with Gasteiger partial charge in [0, 0.05) is 19.3 Å². The molecule has 0 heterocycles. The number of alkyl halides is 2. The molecule has 58 valence electrons. The average Bonchev–Trinajstić information content (AvgIpc) is 1.81. The van der Waals surface area contributed by atoms with Crippen molar-refractivity contribution in [1.29, 1.82) is 0 Å². The first-order valence-corrected chi connectivity index (χ1v) is 3.10. The third kappa shape index (κ3) is 1.31. The minimum Gasteiger partial charge on any atom is -0.386 e. The zero-order valence-electron chi connectivity index (χ0n) is 5.31. The first-order valence-electron chi connectivity index (χ1n) is 3.10. The monoisotopic (exact) mass is 150 g/mol. The molecule has 1 rings (SSSR count). The second kappa shape index (κ2) is 2.27. The number of aliphatic hydroxyl groups excluding tert-OH is 1. The average molecular weight is 150 g/mol. The maximum atomic E-state index is 12.4. The fourth-order valence-corrected chi connectivity index (χ4v) is 0.940. The van der Waals surface area contributed by atoms with Gasteiger partial charge in [-0.2, -0.15) is 0 Å². The lowest BCUT2D eigenvalue weighted by atomic mass is 9.93. The van der Waals surface area contributed by atoms with E-state index in [1.54, 1.807) is 0 Å². The molecule has 4 heteroatoms. The molecule has 1 N–H and O–H groups in total. The Hall–Kier alpha value is -0.510. The highest BCUT2D eigenvalue weighted by Gasteiger charge is 2.42. The predicted molar refractivity (Wildman–Crippen MR) is 29.8 cm³/mol. The van der Waals surface area contributed by atoms with Gasteiger partial charge in [0.25, 0.3) is 5.92 Å². The normalized spacial score (nSPS) is 32.3. The van der Waals surface area contributed by atoms with E-state index in [2.05, 4.69) is 0 Å². The van der Waals surface area contributed by atoms with Crippen molar-refractivity contribution in [2.24, 2.45) is 0 Å². The minimum atomic E-state index is -3.05. The van der Waals surface area contributed by atoms with Crippen LogP contribution in [-0.2, 0) is 4.79 Å². The molecule has 0 aromatic carbocycles. The van der Waals surface area contributed by atoms with Crippen molar-refractivity contribution in [3.8, 4) is 0 Å². The maximum Gasteiger partial charge on any atom is 0.274 e. The van der Waals surface area contributed by atoms with Crippen LogP contribution in [0.2, 0.25) is 0 Å². The molecule has 1 atom stereocenters. The molecule has 0 bridgehead atoms. The maximum absolute atomic E-state index is 12.4. The van der Waals surface area contributed by atoms with Gasteiger partial charge in [-0.05, 0) is 0 Å². The summed E-state index contributed by atoms with van der Waals surface area (Å²) in [6, 6.07) is 0. The van der Waals surface area contributed by atoms with Gasteiger partial charge in [0.15, 0.2) is 0 Å². The molecule has 0 spiro atoms. The fourth-order valence-electron chi connectivity index (χ4n) is 0.940. The molecule has 1 aliphatic rings. The van der Waals surface area contributed by atoms with Crippen LogP contribution in [0, 0.1) is 0 Å². The van der Waals surface area contributed by atoms with Crippen molar-refractivity contribution in [2.45, 2.75) is 31.3 Å². The van der Waals surface area contributed by atoms with Crippen molar-refractivity contribution >= 4 is 5.78 Å². The van der Waals surface area contributed by atoms with Crippen LogP contribution in [-0.4, -0.2) is 22.9 Å².